The second-order valence-corrected chi connectivity index (χ2v) is 3.40. The van der Waals surface area contributed by atoms with E-state index in [0.29, 0.717) is 10.6 Å². The van der Waals surface area contributed by atoms with E-state index in [0.717, 1.165) is 4.47 Å². The molecule has 0 saturated heterocycles. The summed E-state index contributed by atoms with van der Waals surface area (Å²) >= 11 is 8.95. The first kappa shape index (κ1) is 9.35. The number of nitrogens with two attached hydrogens (primary N) is 1. The number of hydrogen-bond donors (Lipinski definition) is 2. The van der Waals surface area contributed by atoms with Gasteiger partial charge in [-0.15, -0.1) is 0 Å². The van der Waals surface area contributed by atoms with Crippen molar-refractivity contribution >= 4 is 33.4 Å². The Balaban J connectivity index is 3.23. The second-order valence-electron chi connectivity index (χ2n) is 2.11. The molecule has 0 aliphatic rings. The summed E-state index contributed by atoms with van der Waals surface area (Å²) in [5, 5.41) is 11.8. The SMILES string of the molecule is NC(=NO)c1cc(Cl)ccc1Br. The average Bonchev–Trinajstić information content (AvgIpc) is 2.08. The van der Waals surface area contributed by atoms with Crippen LogP contribution in [-0.2, 0) is 0 Å². The van der Waals surface area contributed by atoms with Crippen LogP contribution in [0.2, 0.25) is 5.02 Å². The first-order valence-corrected chi connectivity index (χ1v) is 4.25. The highest BCUT2D eigenvalue weighted by Crippen LogP contribution is 2.20. The van der Waals surface area contributed by atoms with Gasteiger partial charge in [0.25, 0.3) is 0 Å². The third-order valence-corrected chi connectivity index (χ3v) is 2.24. The minimum atomic E-state index is 0.0318. The fourth-order valence-corrected chi connectivity index (χ4v) is 1.37. The Bertz CT molecular complexity index is 327. The maximum Gasteiger partial charge on any atom is 0.171 e. The van der Waals surface area contributed by atoms with Crippen LogP contribution in [0, 0.1) is 0 Å². The van der Waals surface area contributed by atoms with Gasteiger partial charge < -0.3 is 10.9 Å². The maximum absolute atomic E-state index is 8.40. The number of benzene rings is 1. The maximum atomic E-state index is 8.40. The summed E-state index contributed by atoms with van der Waals surface area (Å²) in [6.07, 6.45) is 0. The van der Waals surface area contributed by atoms with Gasteiger partial charge in [-0.2, -0.15) is 0 Å². The molecule has 3 nitrogen and oxygen atoms in total. The average molecular weight is 249 g/mol. The summed E-state index contributed by atoms with van der Waals surface area (Å²) in [4.78, 5) is 0. The van der Waals surface area contributed by atoms with Crippen molar-refractivity contribution in [2.75, 3.05) is 0 Å². The Morgan fingerprint density at radius 2 is 2.25 bits per heavy atom. The third-order valence-electron chi connectivity index (χ3n) is 1.31. The van der Waals surface area contributed by atoms with Crippen LogP contribution in [-0.4, -0.2) is 11.0 Å². The van der Waals surface area contributed by atoms with E-state index in [9.17, 15) is 0 Å². The van der Waals surface area contributed by atoms with Crippen LogP contribution in [0.15, 0.2) is 27.8 Å². The fourth-order valence-electron chi connectivity index (χ4n) is 0.748. The van der Waals surface area contributed by atoms with E-state index in [-0.39, 0.29) is 5.84 Å². The molecule has 0 unspecified atom stereocenters. The Kier molecular flexibility index (Phi) is 2.94. The fraction of sp³-hybridized carbons (Fsp3) is 0. The zero-order chi connectivity index (χ0) is 9.14. The third kappa shape index (κ3) is 1.89. The number of rotatable bonds is 1. The molecule has 0 fully saturated rings. The van der Waals surface area contributed by atoms with Crippen LogP contribution in [0.3, 0.4) is 0 Å². The monoisotopic (exact) mass is 248 g/mol. The molecule has 0 atom stereocenters. The van der Waals surface area contributed by atoms with Crippen LogP contribution < -0.4 is 5.73 Å². The number of hydrogen-bond acceptors (Lipinski definition) is 2. The summed E-state index contributed by atoms with van der Waals surface area (Å²) in [5.41, 5.74) is 5.95. The lowest BCUT2D eigenvalue weighted by Crippen LogP contribution is -2.13. The van der Waals surface area contributed by atoms with Gasteiger partial charge in [0.15, 0.2) is 5.84 Å². The summed E-state index contributed by atoms with van der Waals surface area (Å²) < 4.78 is 0.738. The van der Waals surface area contributed by atoms with Crippen molar-refractivity contribution < 1.29 is 5.21 Å². The Morgan fingerprint density at radius 1 is 1.58 bits per heavy atom. The molecule has 0 aliphatic carbocycles. The van der Waals surface area contributed by atoms with Crippen molar-refractivity contribution in [3.63, 3.8) is 0 Å². The lowest BCUT2D eigenvalue weighted by Gasteiger charge is -2.01. The topological polar surface area (TPSA) is 58.6 Å². The van der Waals surface area contributed by atoms with Gasteiger partial charge in [0.2, 0.25) is 0 Å². The van der Waals surface area contributed by atoms with Crippen molar-refractivity contribution in [3.05, 3.63) is 33.3 Å². The Morgan fingerprint density at radius 3 is 2.83 bits per heavy atom. The van der Waals surface area contributed by atoms with E-state index in [4.69, 9.17) is 22.5 Å². The lowest BCUT2D eigenvalue weighted by atomic mass is 10.2. The first-order chi connectivity index (χ1) is 5.65. The summed E-state index contributed by atoms with van der Waals surface area (Å²) in [5.74, 6) is 0.0318. The van der Waals surface area contributed by atoms with Gasteiger partial charge in [-0.25, -0.2) is 0 Å². The molecular formula is C7H6BrClN2O. The number of amidine groups is 1. The second kappa shape index (κ2) is 3.78. The molecule has 0 aliphatic heterocycles. The molecule has 12 heavy (non-hydrogen) atoms. The summed E-state index contributed by atoms with van der Waals surface area (Å²) in [6, 6.07) is 5.05. The zero-order valence-corrected chi connectivity index (χ0v) is 8.30. The Labute approximate surface area is 83.0 Å². The molecule has 0 saturated carbocycles. The molecular weight excluding hydrogens is 243 g/mol. The highest BCUT2D eigenvalue weighted by Gasteiger charge is 2.04. The molecule has 0 heterocycles. The van der Waals surface area contributed by atoms with Crippen molar-refractivity contribution in [3.8, 4) is 0 Å². The van der Waals surface area contributed by atoms with Crippen molar-refractivity contribution in [1.82, 2.24) is 0 Å². The molecule has 1 aromatic rings. The smallest absolute Gasteiger partial charge is 0.171 e. The largest absolute Gasteiger partial charge is 0.409 e. The highest BCUT2D eigenvalue weighted by atomic mass is 79.9. The van der Waals surface area contributed by atoms with E-state index in [1.807, 2.05) is 0 Å². The normalized spacial score (nSPS) is 11.7. The van der Waals surface area contributed by atoms with E-state index in [2.05, 4.69) is 21.1 Å². The summed E-state index contributed by atoms with van der Waals surface area (Å²) in [7, 11) is 0. The molecule has 5 heteroatoms. The first-order valence-electron chi connectivity index (χ1n) is 3.08. The standard InChI is InChI=1S/C7H6BrClN2O/c8-6-2-1-4(9)3-5(6)7(10)11-12/h1-3,12H,(H2,10,11). The van der Waals surface area contributed by atoms with Crippen LogP contribution >= 0.6 is 27.5 Å². The van der Waals surface area contributed by atoms with Gasteiger partial charge in [0.05, 0.1) is 0 Å². The molecule has 0 aromatic heterocycles. The van der Waals surface area contributed by atoms with Gasteiger partial charge >= 0.3 is 0 Å². The van der Waals surface area contributed by atoms with Gasteiger partial charge in [0.1, 0.15) is 0 Å². The number of halogens is 2. The minimum absolute atomic E-state index is 0.0318. The quantitative estimate of drug-likeness (QED) is 0.347. The predicted octanol–water partition coefficient (Wildman–Crippen LogP) is 2.20. The highest BCUT2D eigenvalue weighted by molar-refractivity contribution is 9.10. The molecule has 0 radical (unpaired) electrons. The van der Waals surface area contributed by atoms with Crippen LogP contribution in [0.5, 0.6) is 0 Å². The number of oxime groups is 1. The molecule has 1 aromatic carbocycles. The van der Waals surface area contributed by atoms with E-state index < -0.39 is 0 Å². The predicted molar refractivity (Wildman–Crippen MR) is 51.7 cm³/mol. The van der Waals surface area contributed by atoms with Gasteiger partial charge in [-0.1, -0.05) is 32.7 Å². The molecule has 0 spiro atoms. The van der Waals surface area contributed by atoms with Crippen LogP contribution in [0.1, 0.15) is 5.56 Å². The zero-order valence-electron chi connectivity index (χ0n) is 5.96. The molecule has 1 rings (SSSR count). The van der Waals surface area contributed by atoms with Crippen molar-refractivity contribution in [1.29, 1.82) is 0 Å². The molecule has 64 valence electrons. The van der Waals surface area contributed by atoms with Gasteiger partial charge in [-0.05, 0) is 18.2 Å². The van der Waals surface area contributed by atoms with Crippen LogP contribution in [0.25, 0.3) is 0 Å². The summed E-state index contributed by atoms with van der Waals surface area (Å²) in [6.45, 7) is 0. The van der Waals surface area contributed by atoms with E-state index >= 15 is 0 Å². The molecule has 3 N–H and O–H groups in total. The molecule has 0 amide bonds. The number of nitrogens with zero attached hydrogens (tertiary/aromatic N) is 1. The van der Waals surface area contributed by atoms with E-state index in [1.54, 1.807) is 18.2 Å². The molecule has 0 bridgehead atoms. The Hall–Kier alpha value is -0.740. The lowest BCUT2D eigenvalue weighted by molar-refractivity contribution is 0.318. The van der Waals surface area contributed by atoms with Crippen molar-refractivity contribution in [2.24, 2.45) is 10.9 Å². The van der Waals surface area contributed by atoms with Crippen LogP contribution in [0.4, 0.5) is 0 Å². The van der Waals surface area contributed by atoms with Gasteiger partial charge in [-0.3, -0.25) is 0 Å². The van der Waals surface area contributed by atoms with E-state index in [1.165, 1.54) is 0 Å². The van der Waals surface area contributed by atoms with Gasteiger partial charge in [0, 0.05) is 15.1 Å². The minimum Gasteiger partial charge on any atom is -0.409 e. The van der Waals surface area contributed by atoms with Crippen molar-refractivity contribution in [2.45, 2.75) is 0 Å².